The summed E-state index contributed by atoms with van der Waals surface area (Å²) in [5.41, 5.74) is 2.98. The molecule has 1 N–H and O–H groups in total. The molecule has 2 aromatic heterocycles. The minimum absolute atomic E-state index is 0.467. The zero-order valence-corrected chi connectivity index (χ0v) is 16.2. The number of rotatable bonds is 4. The van der Waals surface area contributed by atoms with Gasteiger partial charge in [-0.15, -0.1) is 0 Å². The molecule has 0 bridgehead atoms. The third kappa shape index (κ3) is 4.30. The highest BCUT2D eigenvalue weighted by Crippen LogP contribution is 2.32. The topological polar surface area (TPSA) is 49.2 Å². The fourth-order valence-electron chi connectivity index (χ4n) is 3.84. The molecule has 0 unspecified atom stereocenters. The smallest absolute Gasteiger partial charge is 0.357 e. The van der Waals surface area contributed by atoms with Gasteiger partial charge in [-0.3, -0.25) is 5.10 Å². The van der Waals surface area contributed by atoms with Crippen molar-refractivity contribution in [3.63, 3.8) is 0 Å². The maximum absolute atomic E-state index is 12.7. The summed E-state index contributed by atoms with van der Waals surface area (Å²) in [7, 11) is 0. The SMILES string of the molecule is [C-]#[N+]c1ccc(-c2[nH]ncc2CC2CCN(c3ccc(C(F)(F)F)cn3)CC2)cc1. The number of aromatic amines is 1. The van der Waals surface area contributed by atoms with Crippen molar-refractivity contribution in [1.82, 2.24) is 15.2 Å². The Morgan fingerprint density at radius 2 is 1.80 bits per heavy atom. The molecule has 1 aromatic carbocycles. The molecule has 0 saturated carbocycles. The largest absolute Gasteiger partial charge is 0.417 e. The summed E-state index contributed by atoms with van der Waals surface area (Å²) >= 11 is 0. The van der Waals surface area contributed by atoms with Crippen LogP contribution in [0.25, 0.3) is 16.1 Å². The fourth-order valence-corrected chi connectivity index (χ4v) is 3.84. The van der Waals surface area contributed by atoms with Crippen LogP contribution in [0.3, 0.4) is 0 Å². The van der Waals surface area contributed by atoms with Crippen LogP contribution in [0.1, 0.15) is 24.0 Å². The van der Waals surface area contributed by atoms with Crippen LogP contribution in [0, 0.1) is 12.5 Å². The van der Waals surface area contributed by atoms with Crippen LogP contribution in [0.15, 0.2) is 48.8 Å². The molecule has 1 saturated heterocycles. The Morgan fingerprint density at radius 3 is 2.40 bits per heavy atom. The zero-order valence-electron chi connectivity index (χ0n) is 16.2. The molecule has 30 heavy (non-hydrogen) atoms. The first-order chi connectivity index (χ1) is 14.4. The van der Waals surface area contributed by atoms with E-state index in [4.69, 9.17) is 6.57 Å². The predicted octanol–water partition coefficient (Wildman–Crippen LogP) is 5.50. The average Bonchev–Trinajstić information content (AvgIpc) is 3.22. The molecule has 154 valence electrons. The van der Waals surface area contributed by atoms with Gasteiger partial charge in [-0.25, -0.2) is 9.83 Å². The van der Waals surface area contributed by atoms with Crippen molar-refractivity contribution in [3.05, 3.63) is 71.3 Å². The summed E-state index contributed by atoms with van der Waals surface area (Å²) in [6, 6.07) is 9.97. The third-order valence-corrected chi connectivity index (χ3v) is 5.53. The van der Waals surface area contributed by atoms with E-state index < -0.39 is 11.7 Å². The van der Waals surface area contributed by atoms with Crippen LogP contribution in [0.5, 0.6) is 0 Å². The van der Waals surface area contributed by atoms with Crippen molar-refractivity contribution >= 4 is 11.5 Å². The Balaban J connectivity index is 1.38. The van der Waals surface area contributed by atoms with Gasteiger partial charge in [0, 0.05) is 19.3 Å². The minimum Gasteiger partial charge on any atom is -0.357 e. The van der Waals surface area contributed by atoms with Crippen molar-refractivity contribution in [2.75, 3.05) is 18.0 Å². The monoisotopic (exact) mass is 411 g/mol. The summed E-state index contributed by atoms with van der Waals surface area (Å²) in [5, 5.41) is 7.26. The lowest BCUT2D eigenvalue weighted by atomic mass is 9.89. The molecule has 3 heterocycles. The average molecular weight is 411 g/mol. The van der Waals surface area contributed by atoms with E-state index in [1.165, 1.54) is 6.07 Å². The quantitative estimate of drug-likeness (QED) is 0.577. The van der Waals surface area contributed by atoms with E-state index in [0.717, 1.165) is 61.4 Å². The second kappa shape index (κ2) is 8.19. The second-order valence-corrected chi connectivity index (χ2v) is 7.47. The molecule has 3 aromatic rings. The molecule has 0 aliphatic carbocycles. The maximum atomic E-state index is 12.7. The Morgan fingerprint density at radius 1 is 1.07 bits per heavy atom. The molecular weight excluding hydrogens is 391 g/mol. The lowest BCUT2D eigenvalue weighted by Gasteiger charge is -2.33. The number of benzene rings is 1. The van der Waals surface area contributed by atoms with Crippen molar-refractivity contribution in [3.8, 4) is 11.3 Å². The van der Waals surface area contributed by atoms with Crippen LogP contribution in [0.2, 0.25) is 0 Å². The van der Waals surface area contributed by atoms with Crippen molar-refractivity contribution in [2.24, 2.45) is 5.92 Å². The number of anilines is 1. The zero-order chi connectivity index (χ0) is 21.1. The number of halogens is 3. The molecule has 8 heteroatoms. The van der Waals surface area contributed by atoms with Gasteiger partial charge in [-0.2, -0.15) is 18.3 Å². The van der Waals surface area contributed by atoms with Gasteiger partial charge in [-0.1, -0.05) is 24.3 Å². The van der Waals surface area contributed by atoms with Gasteiger partial charge in [0.2, 0.25) is 0 Å². The second-order valence-electron chi connectivity index (χ2n) is 7.47. The van der Waals surface area contributed by atoms with Gasteiger partial charge in [0.15, 0.2) is 5.69 Å². The molecule has 0 spiro atoms. The van der Waals surface area contributed by atoms with E-state index in [1.54, 1.807) is 12.1 Å². The first kappa shape index (κ1) is 20.0. The van der Waals surface area contributed by atoms with Gasteiger partial charge in [-0.05, 0) is 48.4 Å². The summed E-state index contributed by atoms with van der Waals surface area (Å²) in [4.78, 5) is 9.46. The first-order valence-corrected chi connectivity index (χ1v) is 9.72. The third-order valence-electron chi connectivity index (χ3n) is 5.53. The molecule has 1 fully saturated rings. The van der Waals surface area contributed by atoms with Crippen LogP contribution >= 0.6 is 0 Å². The van der Waals surface area contributed by atoms with Crippen molar-refractivity contribution < 1.29 is 13.2 Å². The van der Waals surface area contributed by atoms with E-state index in [-0.39, 0.29) is 0 Å². The van der Waals surface area contributed by atoms with Crippen LogP contribution in [0.4, 0.5) is 24.7 Å². The Labute approximate surface area is 172 Å². The highest BCUT2D eigenvalue weighted by molar-refractivity contribution is 5.65. The predicted molar refractivity (Wildman–Crippen MR) is 108 cm³/mol. The number of pyridine rings is 1. The molecular formula is C22H20F3N5. The van der Waals surface area contributed by atoms with Gasteiger partial charge >= 0.3 is 6.18 Å². The van der Waals surface area contributed by atoms with E-state index in [9.17, 15) is 13.2 Å². The Kier molecular flexibility index (Phi) is 5.44. The molecule has 0 amide bonds. The number of hydrogen-bond donors (Lipinski definition) is 1. The van der Waals surface area contributed by atoms with Gasteiger partial charge in [0.05, 0.1) is 24.0 Å². The van der Waals surface area contributed by atoms with Gasteiger partial charge in [0.25, 0.3) is 0 Å². The number of H-pyrrole nitrogens is 1. The lowest BCUT2D eigenvalue weighted by Crippen LogP contribution is -2.34. The molecule has 1 aliphatic heterocycles. The van der Waals surface area contributed by atoms with Gasteiger partial charge < -0.3 is 4.90 Å². The summed E-state index contributed by atoms with van der Waals surface area (Å²) < 4.78 is 38.1. The lowest BCUT2D eigenvalue weighted by molar-refractivity contribution is -0.137. The fraction of sp³-hybridized carbons (Fsp3) is 0.318. The Hall–Kier alpha value is -3.34. The van der Waals surface area contributed by atoms with Crippen molar-refractivity contribution in [1.29, 1.82) is 0 Å². The van der Waals surface area contributed by atoms with E-state index in [1.807, 2.05) is 23.2 Å². The number of alkyl halides is 3. The number of aromatic nitrogens is 3. The van der Waals surface area contributed by atoms with Crippen molar-refractivity contribution in [2.45, 2.75) is 25.4 Å². The van der Waals surface area contributed by atoms with Crippen LogP contribution in [-0.2, 0) is 12.6 Å². The first-order valence-electron chi connectivity index (χ1n) is 9.72. The van der Waals surface area contributed by atoms with E-state index in [0.29, 0.717) is 17.4 Å². The molecule has 5 nitrogen and oxygen atoms in total. The summed E-state index contributed by atoms with van der Waals surface area (Å²) in [6.45, 7) is 8.58. The number of nitrogens with one attached hydrogen (secondary N) is 1. The van der Waals surface area contributed by atoms with Gasteiger partial charge in [0.1, 0.15) is 5.82 Å². The highest BCUT2D eigenvalue weighted by atomic mass is 19.4. The number of piperidine rings is 1. The molecule has 0 atom stereocenters. The molecule has 1 aliphatic rings. The Bertz CT molecular complexity index is 1020. The van der Waals surface area contributed by atoms with Crippen LogP contribution < -0.4 is 4.90 Å². The molecule has 4 rings (SSSR count). The van der Waals surface area contributed by atoms with E-state index >= 15 is 0 Å². The highest BCUT2D eigenvalue weighted by Gasteiger charge is 2.31. The number of hydrogen-bond acceptors (Lipinski definition) is 3. The van der Waals surface area contributed by atoms with E-state index in [2.05, 4.69) is 20.0 Å². The number of nitrogens with zero attached hydrogens (tertiary/aromatic N) is 4. The standard InChI is InChI=1S/C22H20F3N5/c1-26-19-5-2-16(3-6-19)21-17(13-28-29-21)12-15-8-10-30(11-9-15)20-7-4-18(14-27-20)22(23,24)25/h2-7,13-15H,8-12H2,(H,28,29). The van der Waals surface area contributed by atoms with Crippen LogP contribution in [-0.4, -0.2) is 28.3 Å². The summed E-state index contributed by atoms with van der Waals surface area (Å²) in [5.74, 6) is 1.06. The summed E-state index contributed by atoms with van der Waals surface area (Å²) in [6.07, 6.45) is 1.14. The minimum atomic E-state index is -4.36. The normalized spacial score (nSPS) is 15.2. The maximum Gasteiger partial charge on any atom is 0.417 e. The molecule has 0 radical (unpaired) electrons.